The van der Waals surface area contributed by atoms with E-state index in [4.69, 9.17) is 9.47 Å². The molecule has 7 rings (SSSR count). The number of anilines is 3. The molecule has 2 aromatic heterocycles. The van der Waals surface area contributed by atoms with Crippen LogP contribution in [0.1, 0.15) is 34.9 Å². The van der Waals surface area contributed by atoms with Crippen LogP contribution in [0.15, 0.2) is 48.7 Å². The summed E-state index contributed by atoms with van der Waals surface area (Å²) in [5, 5.41) is 24.4. The maximum Gasteiger partial charge on any atom is 0.235 e. The number of hydrogen-bond acceptors (Lipinski definition) is 7. The molecule has 0 saturated heterocycles. The molecule has 0 radical (unpaired) electrons. The highest BCUT2D eigenvalue weighted by molar-refractivity contribution is 6.10. The van der Waals surface area contributed by atoms with Crippen molar-refractivity contribution in [3.63, 3.8) is 0 Å². The monoisotopic (exact) mass is 469 g/mol. The standard InChI is InChI=1S/C26H23N5O4/c1-34-15-3-5-20-18(9-15)26(25(33)28-20)10-19(26)13-2-4-17-21(8-13)30-31-23(17)29-24-22-16(6-7-27-24)14(11-32)12-35-22/h2-9,14,19,32H,10-12H2,1H3,(H,28,33)(H2,27,29,30,31)/t14-,19?,26?/m0/s1. The first kappa shape index (κ1) is 20.3. The summed E-state index contributed by atoms with van der Waals surface area (Å²) >= 11 is 0. The molecule has 3 aliphatic rings. The van der Waals surface area contributed by atoms with Crippen molar-refractivity contribution in [2.75, 3.05) is 31.0 Å². The Morgan fingerprint density at radius 2 is 2.14 bits per heavy atom. The molecule has 3 atom stereocenters. The zero-order chi connectivity index (χ0) is 23.7. The molecule has 4 aromatic rings. The highest BCUT2D eigenvalue weighted by Crippen LogP contribution is 2.65. The molecule has 1 saturated carbocycles. The topological polar surface area (TPSA) is 121 Å². The van der Waals surface area contributed by atoms with Crippen molar-refractivity contribution in [3.05, 3.63) is 65.4 Å². The molecule has 1 amide bonds. The Morgan fingerprint density at radius 3 is 3.00 bits per heavy atom. The third-order valence-corrected chi connectivity index (χ3v) is 7.57. The van der Waals surface area contributed by atoms with Crippen molar-refractivity contribution >= 4 is 34.1 Å². The van der Waals surface area contributed by atoms with Gasteiger partial charge in [0, 0.05) is 34.7 Å². The Hall–Kier alpha value is -4.11. The van der Waals surface area contributed by atoms with E-state index in [0.717, 1.165) is 45.5 Å². The van der Waals surface area contributed by atoms with Crippen molar-refractivity contribution in [2.24, 2.45) is 0 Å². The molecule has 35 heavy (non-hydrogen) atoms. The summed E-state index contributed by atoms with van der Waals surface area (Å²) in [7, 11) is 1.64. The van der Waals surface area contributed by atoms with Gasteiger partial charge < -0.3 is 25.2 Å². The highest BCUT2D eigenvalue weighted by atomic mass is 16.5. The number of H-pyrrole nitrogens is 1. The summed E-state index contributed by atoms with van der Waals surface area (Å²) in [4.78, 5) is 17.4. The molecule has 1 fully saturated rings. The zero-order valence-corrected chi connectivity index (χ0v) is 19.0. The predicted octanol–water partition coefficient (Wildman–Crippen LogP) is 3.56. The number of hydrogen-bond donors (Lipinski definition) is 4. The van der Waals surface area contributed by atoms with Gasteiger partial charge in [-0.3, -0.25) is 9.89 Å². The van der Waals surface area contributed by atoms with Crippen LogP contribution in [0.3, 0.4) is 0 Å². The van der Waals surface area contributed by atoms with Crippen LogP contribution >= 0.6 is 0 Å². The molecule has 176 valence electrons. The van der Waals surface area contributed by atoms with Gasteiger partial charge in [0.15, 0.2) is 17.4 Å². The third-order valence-electron chi connectivity index (χ3n) is 7.57. The Morgan fingerprint density at radius 1 is 1.23 bits per heavy atom. The average molecular weight is 470 g/mol. The summed E-state index contributed by atoms with van der Waals surface area (Å²) < 4.78 is 11.2. The summed E-state index contributed by atoms with van der Waals surface area (Å²) in [6.45, 7) is 0.463. The van der Waals surface area contributed by atoms with E-state index in [1.165, 1.54) is 0 Å². The minimum Gasteiger partial charge on any atom is -0.497 e. The van der Waals surface area contributed by atoms with Crippen molar-refractivity contribution in [1.29, 1.82) is 0 Å². The first-order valence-electron chi connectivity index (χ1n) is 11.6. The predicted molar refractivity (Wildman–Crippen MR) is 130 cm³/mol. The number of aliphatic hydroxyl groups is 1. The Balaban J connectivity index is 1.20. The number of methoxy groups -OCH3 is 1. The summed E-state index contributed by atoms with van der Waals surface area (Å²) in [5.74, 6) is 2.70. The largest absolute Gasteiger partial charge is 0.497 e. The van der Waals surface area contributed by atoms with E-state index in [2.05, 4.69) is 37.9 Å². The van der Waals surface area contributed by atoms with Gasteiger partial charge in [0.1, 0.15) is 5.75 Å². The molecule has 1 aliphatic carbocycles. The second kappa shape index (κ2) is 7.19. The smallest absolute Gasteiger partial charge is 0.235 e. The quantitative estimate of drug-likeness (QED) is 0.353. The van der Waals surface area contributed by atoms with Gasteiger partial charge in [0.2, 0.25) is 5.91 Å². The maximum absolute atomic E-state index is 13.0. The number of aromatic amines is 1. The molecule has 0 bridgehead atoms. The number of benzene rings is 2. The van der Waals surface area contributed by atoms with Gasteiger partial charge in [-0.15, -0.1) is 0 Å². The maximum atomic E-state index is 13.0. The molecule has 4 N–H and O–H groups in total. The molecule has 1 spiro atoms. The lowest BCUT2D eigenvalue weighted by Gasteiger charge is -2.10. The zero-order valence-electron chi connectivity index (χ0n) is 19.0. The van der Waals surface area contributed by atoms with Gasteiger partial charge in [0.05, 0.1) is 31.3 Å². The van der Waals surface area contributed by atoms with E-state index >= 15 is 0 Å². The van der Waals surface area contributed by atoms with Gasteiger partial charge in [-0.1, -0.05) is 6.07 Å². The lowest BCUT2D eigenvalue weighted by molar-refractivity contribution is -0.118. The van der Waals surface area contributed by atoms with Crippen molar-refractivity contribution in [1.82, 2.24) is 15.2 Å². The number of fused-ring (bicyclic) bond motifs is 4. The summed E-state index contributed by atoms with van der Waals surface area (Å²) in [6, 6.07) is 13.8. The van der Waals surface area contributed by atoms with Gasteiger partial charge >= 0.3 is 0 Å². The summed E-state index contributed by atoms with van der Waals surface area (Å²) in [5.41, 5.74) is 4.22. The van der Waals surface area contributed by atoms with Gasteiger partial charge in [-0.25, -0.2) is 4.98 Å². The highest BCUT2D eigenvalue weighted by Gasteiger charge is 2.65. The van der Waals surface area contributed by atoms with E-state index in [9.17, 15) is 9.90 Å². The van der Waals surface area contributed by atoms with Crippen LogP contribution in [0.4, 0.5) is 17.3 Å². The lowest BCUT2D eigenvalue weighted by atomic mass is 9.91. The number of carbonyl (C=O) groups excluding carboxylic acids is 1. The fraction of sp³-hybridized carbons (Fsp3) is 0.269. The van der Waals surface area contributed by atoms with E-state index in [0.29, 0.717) is 24.0 Å². The second-order valence-corrected chi connectivity index (χ2v) is 9.36. The number of aromatic nitrogens is 3. The van der Waals surface area contributed by atoms with Crippen LogP contribution < -0.4 is 20.1 Å². The van der Waals surface area contributed by atoms with Crippen LogP contribution in [0.5, 0.6) is 11.5 Å². The normalized spacial score (nSPS) is 23.7. The van der Waals surface area contributed by atoms with Crippen molar-refractivity contribution < 1.29 is 19.4 Å². The first-order chi connectivity index (χ1) is 17.1. The molecule has 9 nitrogen and oxygen atoms in total. The minimum absolute atomic E-state index is 0.0303. The molecule has 2 aromatic carbocycles. The number of nitrogens with zero attached hydrogens (tertiary/aromatic N) is 2. The van der Waals surface area contributed by atoms with Crippen LogP contribution in [-0.4, -0.2) is 46.5 Å². The van der Waals surface area contributed by atoms with Crippen molar-refractivity contribution in [2.45, 2.75) is 23.7 Å². The molecule has 2 aliphatic heterocycles. The number of carbonyl (C=O) groups is 1. The Bertz CT molecular complexity index is 1520. The molecular weight excluding hydrogens is 446 g/mol. The van der Waals surface area contributed by atoms with Crippen molar-refractivity contribution in [3.8, 4) is 11.5 Å². The van der Waals surface area contributed by atoms with Crippen LogP contribution in [0.2, 0.25) is 0 Å². The molecule has 9 heteroatoms. The second-order valence-electron chi connectivity index (χ2n) is 9.36. The fourth-order valence-corrected chi connectivity index (χ4v) is 5.61. The Kier molecular flexibility index (Phi) is 4.17. The van der Waals surface area contributed by atoms with Crippen LogP contribution in [0.25, 0.3) is 10.9 Å². The number of nitrogens with one attached hydrogen (secondary N) is 3. The fourth-order valence-electron chi connectivity index (χ4n) is 5.61. The van der Waals surface area contributed by atoms with Gasteiger partial charge in [-0.05, 0) is 53.9 Å². The van der Waals surface area contributed by atoms with Crippen LogP contribution in [-0.2, 0) is 10.2 Å². The number of aliphatic hydroxyl groups excluding tert-OH is 1. The van der Waals surface area contributed by atoms with E-state index < -0.39 is 5.41 Å². The molecule has 2 unspecified atom stereocenters. The van der Waals surface area contributed by atoms with E-state index in [1.54, 1.807) is 13.3 Å². The number of amides is 1. The SMILES string of the molecule is COc1ccc2c(c1)C1(CC1c1ccc3c(Nc4nccc5c4OC[C@@H]5CO)n[nH]c3c1)C(=O)N2. The minimum atomic E-state index is -0.548. The summed E-state index contributed by atoms with van der Waals surface area (Å²) in [6.07, 6.45) is 2.46. The third kappa shape index (κ3) is 2.81. The van der Waals surface area contributed by atoms with E-state index in [1.807, 2.05) is 30.3 Å². The number of ether oxygens (including phenoxy) is 2. The number of rotatable bonds is 5. The lowest BCUT2D eigenvalue weighted by Crippen LogP contribution is -2.21. The number of pyridine rings is 1. The molecule has 4 heterocycles. The van der Waals surface area contributed by atoms with Gasteiger partial charge in [0.25, 0.3) is 0 Å². The molecular formula is C26H23N5O4. The van der Waals surface area contributed by atoms with Gasteiger partial charge in [-0.2, -0.15) is 5.10 Å². The Labute approximate surface area is 200 Å². The first-order valence-corrected chi connectivity index (χ1v) is 11.6. The van der Waals surface area contributed by atoms with Crippen LogP contribution in [0, 0.1) is 0 Å². The average Bonchev–Trinajstić information content (AvgIpc) is 3.14. The van der Waals surface area contributed by atoms with E-state index in [-0.39, 0.29) is 24.3 Å².